The third-order valence-corrected chi connectivity index (χ3v) is 3.64. The van der Waals surface area contributed by atoms with Crippen LogP contribution >= 0.6 is 0 Å². The van der Waals surface area contributed by atoms with Gasteiger partial charge in [0.25, 0.3) is 0 Å². The van der Waals surface area contributed by atoms with Crippen molar-refractivity contribution in [2.24, 2.45) is 5.92 Å². The van der Waals surface area contributed by atoms with E-state index in [1.807, 2.05) is 0 Å². The van der Waals surface area contributed by atoms with E-state index >= 15 is 0 Å². The number of aliphatic carboxylic acids is 1. The number of carbonyl (C=O) groups is 3. The lowest BCUT2D eigenvalue weighted by Crippen LogP contribution is -2.61. The maximum atomic E-state index is 12.1. The summed E-state index contributed by atoms with van der Waals surface area (Å²) in [6, 6.07) is -1.31. The number of amides is 2. The molecule has 21 heavy (non-hydrogen) atoms. The van der Waals surface area contributed by atoms with Crippen molar-refractivity contribution in [2.75, 3.05) is 19.6 Å². The minimum atomic E-state index is -1.05. The molecule has 7 heteroatoms. The molecule has 7 nitrogen and oxygen atoms in total. The van der Waals surface area contributed by atoms with Crippen LogP contribution in [-0.2, 0) is 14.4 Å². The van der Waals surface area contributed by atoms with Gasteiger partial charge in [-0.2, -0.15) is 0 Å². The summed E-state index contributed by atoms with van der Waals surface area (Å²) in [5.41, 5.74) is 0. The number of rotatable bonds is 7. The second-order valence-corrected chi connectivity index (χ2v) is 5.79. The fraction of sp³-hybridized carbons (Fsp3) is 0.786. The van der Waals surface area contributed by atoms with Crippen LogP contribution in [0, 0.1) is 5.92 Å². The zero-order chi connectivity index (χ0) is 16.0. The predicted octanol–water partition coefficient (Wildman–Crippen LogP) is -0.188. The molecule has 1 rings (SSSR count). The fourth-order valence-corrected chi connectivity index (χ4v) is 2.35. The van der Waals surface area contributed by atoms with Gasteiger partial charge in [0, 0.05) is 19.6 Å². The third kappa shape index (κ3) is 5.34. The lowest BCUT2D eigenvalue weighted by molar-refractivity contribution is -0.145. The quantitative estimate of drug-likeness (QED) is 0.605. The Labute approximate surface area is 125 Å². The van der Waals surface area contributed by atoms with Gasteiger partial charge in [0.15, 0.2) is 0 Å². The Bertz CT molecular complexity index is 398. The molecule has 1 fully saturated rings. The Morgan fingerprint density at radius 2 is 2.10 bits per heavy atom. The molecule has 2 amide bonds. The van der Waals surface area contributed by atoms with Crippen LogP contribution in [0.3, 0.4) is 0 Å². The molecule has 0 saturated carbocycles. The van der Waals surface area contributed by atoms with Gasteiger partial charge in [-0.3, -0.25) is 19.3 Å². The van der Waals surface area contributed by atoms with E-state index in [-0.39, 0.29) is 18.2 Å². The highest BCUT2D eigenvalue weighted by molar-refractivity contribution is 5.88. The fourth-order valence-electron chi connectivity index (χ4n) is 2.35. The Hall–Kier alpha value is -1.63. The number of hydrogen-bond acceptors (Lipinski definition) is 4. The van der Waals surface area contributed by atoms with Gasteiger partial charge in [-0.25, -0.2) is 0 Å². The smallest absolute Gasteiger partial charge is 0.305 e. The van der Waals surface area contributed by atoms with Gasteiger partial charge < -0.3 is 15.7 Å². The van der Waals surface area contributed by atoms with E-state index < -0.39 is 18.1 Å². The van der Waals surface area contributed by atoms with Crippen LogP contribution in [0.25, 0.3) is 0 Å². The molecule has 0 aromatic heterocycles. The summed E-state index contributed by atoms with van der Waals surface area (Å²) < 4.78 is 0. The Morgan fingerprint density at radius 1 is 1.43 bits per heavy atom. The summed E-state index contributed by atoms with van der Waals surface area (Å²) in [5, 5.41) is 14.4. The number of piperazine rings is 1. The van der Waals surface area contributed by atoms with E-state index in [4.69, 9.17) is 5.11 Å². The molecule has 0 radical (unpaired) electrons. The van der Waals surface area contributed by atoms with Crippen molar-refractivity contribution >= 4 is 17.8 Å². The van der Waals surface area contributed by atoms with Crippen molar-refractivity contribution in [3.63, 3.8) is 0 Å². The van der Waals surface area contributed by atoms with E-state index in [2.05, 4.69) is 24.5 Å². The number of carbonyl (C=O) groups excluding carboxylic acids is 2. The predicted molar refractivity (Wildman–Crippen MR) is 77.7 cm³/mol. The van der Waals surface area contributed by atoms with Crippen LogP contribution in [0.5, 0.6) is 0 Å². The molecular formula is C14H25N3O4. The van der Waals surface area contributed by atoms with Gasteiger partial charge in [-0.05, 0) is 19.3 Å². The number of nitrogens with one attached hydrogen (secondary N) is 2. The summed E-state index contributed by atoms with van der Waals surface area (Å²) in [6.45, 7) is 7.35. The largest absolute Gasteiger partial charge is 0.481 e. The lowest BCUT2D eigenvalue weighted by atomic mass is 10.1. The first-order valence-corrected chi connectivity index (χ1v) is 7.36. The van der Waals surface area contributed by atoms with Crippen LogP contribution < -0.4 is 10.6 Å². The van der Waals surface area contributed by atoms with E-state index in [1.165, 1.54) is 0 Å². The van der Waals surface area contributed by atoms with E-state index in [1.54, 1.807) is 11.8 Å². The number of hydrogen-bond donors (Lipinski definition) is 3. The summed E-state index contributed by atoms with van der Waals surface area (Å²) in [4.78, 5) is 36.5. The molecule has 0 bridgehead atoms. The molecule has 1 saturated heterocycles. The molecule has 2 unspecified atom stereocenters. The molecular weight excluding hydrogens is 274 g/mol. The first-order chi connectivity index (χ1) is 9.82. The van der Waals surface area contributed by atoms with Crippen LogP contribution in [-0.4, -0.2) is 59.5 Å². The maximum absolute atomic E-state index is 12.1. The minimum absolute atomic E-state index is 0.166. The van der Waals surface area contributed by atoms with Crippen LogP contribution in [0.1, 0.15) is 33.6 Å². The average Bonchev–Trinajstić information content (AvgIpc) is 2.39. The van der Waals surface area contributed by atoms with Crippen molar-refractivity contribution in [3.05, 3.63) is 0 Å². The molecule has 0 aromatic rings. The van der Waals surface area contributed by atoms with Crippen molar-refractivity contribution in [1.29, 1.82) is 0 Å². The number of carboxylic acid groups (broad SMARTS) is 1. The molecule has 3 N–H and O–H groups in total. The van der Waals surface area contributed by atoms with Crippen LogP contribution in [0.15, 0.2) is 0 Å². The number of carboxylic acids is 1. The molecule has 1 heterocycles. The zero-order valence-electron chi connectivity index (χ0n) is 12.9. The average molecular weight is 299 g/mol. The molecule has 0 spiro atoms. The first-order valence-electron chi connectivity index (χ1n) is 7.36. The SMILES string of the molecule is CC(C)CCNC(=O)C(C)N1CCNC(=O)C1CC(=O)O. The highest BCUT2D eigenvalue weighted by atomic mass is 16.4. The van der Waals surface area contributed by atoms with Crippen molar-refractivity contribution in [1.82, 2.24) is 15.5 Å². The van der Waals surface area contributed by atoms with Gasteiger partial charge in [-0.15, -0.1) is 0 Å². The molecule has 0 aromatic carbocycles. The van der Waals surface area contributed by atoms with Crippen LogP contribution in [0.2, 0.25) is 0 Å². The Kier molecular flexibility index (Phi) is 6.61. The molecule has 120 valence electrons. The topological polar surface area (TPSA) is 98.7 Å². The van der Waals surface area contributed by atoms with Gasteiger partial charge in [0.2, 0.25) is 11.8 Å². The molecule has 0 aliphatic carbocycles. The van der Waals surface area contributed by atoms with E-state index in [0.717, 1.165) is 6.42 Å². The third-order valence-electron chi connectivity index (χ3n) is 3.64. The van der Waals surface area contributed by atoms with Gasteiger partial charge in [-0.1, -0.05) is 13.8 Å². The van der Waals surface area contributed by atoms with Gasteiger partial charge in [0.1, 0.15) is 6.04 Å². The summed E-state index contributed by atoms with van der Waals surface area (Å²) in [5.74, 6) is -1.04. The number of nitrogens with zero attached hydrogens (tertiary/aromatic N) is 1. The van der Waals surface area contributed by atoms with Crippen molar-refractivity contribution < 1.29 is 19.5 Å². The van der Waals surface area contributed by atoms with Crippen LogP contribution in [0.4, 0.5) is 0 Å². The maximum Gasteiger partial charge on any atom is 0.305 e. The normalized spacial score (nSPS) is 21.0. The summed E-state index contributed by atoms with van der Waals surface area (Å²) >= 11 is 0. The molecule has 1 aliphatic heterocycles. The van der Waals surface area contributed by atoms with Crippen molar-refractivity contribution in [2.45, 2.75) is 45.7 Å². The van der Waals surface area contributed by atoms with E-state index in [0.29, 0.717) is 25.6 Å². The molecule has 1 aliphatic rings. The summed E-state index contributed by atoms with van der Waals surface area (Å²) in [7, 11) is 0. The standard InChI is InChI=1S/C14H25N3O4/c1-9(2)4-5-15-13(20)10(3)17-7-6-16-14(21)11(17)8-12(18)19/h9-11H,4-8H2,1-3H3,(H,15,20)(H,16,21)(H,18,19). The Morgan fingerprint density at radius 3 is 2.67 bits per heavy atom. The highest BCUT2D eigenvalue weighted by Crippen LogP contribution is 2.13. The highest BCUT2D eigenvalue weighted by Gasteiger charge is 2.36. The lowest BCUT2D eigenvalue weighted by Gasteiger charge is -2.37. The monoisotopic (exact) mass is 299 g/mol. The second-order valence-electron chi connectivity index (χ2n) is 5.79. The zero-order valence-corrected chi connectivity index (χ0v) is 12.9. The molecule has 2 atom stereocenters. The minimum Gasteiger partial charge on any atom is -0.481 e. The van der Waals surface area contributed by atoms with E-state index in [9.17, 15) is 14.4 Å². The van der Waals surface area contributed by atoms with Gasteiger partial charge in [0.05, 0.1) is 12.5 Å². The second kappa shape index (κ2) is 7.97. The first kappa shape index (κ1) is 17.4. The van der Waals surface area contributed by atoms with Crippen molar-refractivity contribution in [3.8, 4) is 0 Å². The van der Waals surface area contributed by atoms with Gasteiger partial charge >= 0.3 is 5.97 Å². The summed E-state index contributed by atoms with van der Waals surface area (Å²) in [6.07, 6.45) is 0.590. The Balaban J connectivity index is 2.63.